The summed E-state index contributed by atoms with van der Waals surface area (Å²) < 4.78 is 5.49. The summed E-state index contributed by atoms with van der Waals surface area (Å²) in [6.45, 7) is 3.23. The second-order valence-electron chi connectivity index (χ2n) is 5.59. The predicted octanol–water partition coefficient (Wildman–Crippen LogP) is 4.34. The molecule has 1 aliphatic heterocycles. The summed E-state index contributed by atoms with van der Waals surface area (Å²) >= 11 is 6.05. The van der Waals surface area contributed by atoms with Gasteiger partial charge in [0.05, 0.1) is 7.11 Å². The maximum atomic E-state index is 6.05. The third kappa shape index (κ3) is 3.39. The van der Waals surface area contributed by atoms with Gasteiger partial charge in [0.25, 0.3) is 0 Å². The second-order valence-corrected chi connectivity index (χ2v) is 6.03. The Morgan fingerprint density at radius 1 is 1.19 bits per heavy atom. The Morgan fingerprint density at radius 3 is 2.76 bits per heavy atom. The molecule has 0 aromatic heterocycles. The fourth-order valence-corrected chi connectivity index (χ4v) is 3.26. The quantitative estimate of drug-likeness (QED) is 0.833. The summed E-state index contributed by atoms with van der Waals surface area (Å²) in [5, 5.41) is 0.731. The molecule has 1 heterocycles. The van der Waals surface area contributed by atoms with Crippen LogP contribution in [0.4, 0.5) is 0 Å². The fraction of sp³-hybridized carbons (Fsp3) is 0.333. The van der Waals surface area contributed by atoms with Gasteiger partial charge in [-0.05, 0) is 36.2 Å². The molecule has 1 fully saturated rings. The SMILES string of the molecule is COc1cc(Cl)ccc1C1CCN(Cc2ccccc2)C1. The van der Waals surface area contributed by atoms with Crippen molar-refractivity contribution in [2.24, 2.45) is 0 Å². The highest BCUT2D eigenvalue weighted by Crippen LogP contribution is 2.35. The maximum Gasteiger partial charge on any atom is 0.123 e. The highest BCUT2D eigenvalue weighted by Gasteiger charge is 2.26. The monoisotopic (exact) mass is 301 g/mol. The molecule has 3 rings (SSSR count). The van der Waals surface area contributed by atoms with Crippen molar-refractivity contribution in [3.05, 3.63) is 64.7 Å². The first kappa shape index (κ1) is 14.4. The van der Waals surface area contributed by atoms with Crippen molar-refractivity contribution in [2.45, 2.75) is 18.9 Å². The number of nitrogens with zero attached hydrogens (tertiary/aromatic N) is 1. The largest absolute Gasteiger partial charge is 0.496 e. The Kier molecular flexibility index (Phi) is 4.47. The predicted molar refractivity (Wildman–Crippen MR) is 87.1 cm³/mol. The van der Waals surface area contributed by atoms with Gasteiger partial charge in [0.15, 0.2) is 0 Å². The number of likely N-dealkylation sites (tertiary alicyclic amines) is 1. The van der Waals surface area contributed by atoms with Gasteiger partial charge in [-0.25, -0.2) is 0 Å². The van der Waals surface area contributed by atoms with Crippen LogP contribution in [-0.4, -0.2) is 25.1 Å². The molecule has 3 heteroatoms. The third-order valence-electron chi connectivity index (χ3n) is 4.16. The highest BCUT2D eigenvalue weighted by atomic mass is 35.5. The number of halogens is 1. The van der Waals surface area contributed by atoms with Gasteiger partial charge in [-0.3, -0.25) is 4.90 Å². The lowest BCUT2D eigenvalue weighted by atomic mass is 9.97. The zero-order valence-electron chi connectivity index (χ0n) is 12.3. The van der Waals surface area contributed by atoms with Crippen LogP contribution >= 0.6 is 11.6 Å². The van der Waals surface area contributed by atoms with E-state index in [-0.39, 0.29) is 0 Å². The average molecular weight is 302 g/mol. The number of hydrogen-bond acceptors (Lipinski definition) is 2. The normalized spacial score (nSPS) is 18.9. The minimum absolute atomic E-state index is 0.529. The Hall–Kier alpha value is -1.51. The Morgan fingerprint density at radius 2 is 2.00 bits per heavy atom. The number of hydrogen-bond donors (Lipinski definition) is 0. The molecule has 2 nitrogen and oxygen atoms in total. The zero-order valence-corrected chi connectivity index (χ0v) is 13.0. The Bertz CT molecular complexity index is 599. The van der Waals surface area contributed by atoms with Crippen molar-refractivity contribution < 1.29 is 4.74 Å². The Labute approximate surface area is 131 Å². The first-order valence-corrected chi connectivity index (χ1v) is 7.74. The van der Waals surface area contributed by atoms with E-state index in [1.807, 2.05) is 12.1 Å². The molecule has 21 heavy (non-hydrogen) atoms. The van der Waals surface area contributed by atoms with Crippen LogP contribution in [0.2, 0.25) is 5.02 Å². The van der Waals surface area contributed by atoms with Crippen LogP contribution in [0.15, 0.2) is 48.5 Å². The van der Waals surface area contributed by atoms with Crippen molar-refractivity contribution >= 4 is 11.6 Å². The average Bonchev–Trinajstić information content (AvgIpc) is 2.96. The fourth-order valence-electron chi connectivity index (χ4n) is 3.09. The van der Waals surface area contributed by atoms with Crippen LogP contribution in [0.5, 0.6) is 5.75 Å². The van der Waals surface area contributed by atoms with Crippen LogP contribution in [0.25, 0.3) is 0 Å². The van der Waals surface area contributed by atoms with E-state index in [9.17, 15) is 0 Å². The van der Waals surface area contributed by atoms with Gasteiger partial charge in [-0.1, -0.05) is 48.0 Å². The van der Waals surface area contributed by atoms with Gasteiger partial charge >= 0.3 is 0 Å². The van der Waals surface area contributed by atoms with Gasteiger partial charge in [0.2, 0.25) is 0 Å². The molecule has 0 amide bonds. The van der Waals surface area contributed by atoms with E-state index < -0.39 is 0 Å². The Balaban J connectivity index is 1.70. The molecule has 0 N–H and O–H groups in total. The molecule has 110 valence electrons. The lowest BCUT2D eigenvalue weighted by Crippen LogP contribution is -2.19. The molecule has 0 spiro atoms. The van der Waals surface area contributed by atoms with Crippen LogP contribution in [0, 0.1) is 0 Å². The van der Waals surface area contributed by atoms with Crippen molar-refractivity contribution in [2.75, 3.05) is 20.2 Å². The van der Waals surface area contributed by atoms with Crippen molar-refractivity contribution in [1.29, 1.82) is 0 Å². The lowest BCUT2D eigenvalue weighted by Gasteiger charge is -2.18. The van der Waals surface area contributed by atoms with E-state index in [0.29, 0.717) is 5.92 Å². The molecule has 1 aliphatic rings. The van der Waals surface area contributed by atoms with Crippen molar-refractivity contribution in [1.82, 2.24) is 4.90 Å². The first-order valence-electron chi connectivity index (χ1n) is 7.36. The van der Waals surface area contributed by atoms with Crippen LogP contribution in [0.1, 0.15) is 23.5 Å². The lowest BCUT2D eigenvalue weighted by molar-refractivity contribution is 0.325. The van der Waals surface area contributed by atoms with E-state index in [1.165, 1.54) is 17.5 Å². The molecule has 0 aliphatic carbocycles. The number of rotatable bonds is 4. The molecule has 1 unspecified atom stereocenters. The van der Waals surface area contributed by atoms with Crippen molar-refractivity contribution in [3.63, 3.8) is 0 Å². The van der Waals surface area contributed by atoms with Crippen LogP contribution < -0.4 is 4.74 Å². The maximum absolute atomic E-state index is 6.05. The molecule has 1 saturated heterocycles. The highest BCUT2D eigenvalue weighted by molar-refractivity contribution is 6.30. The zero-order chi connectivity index (χ0) is 14.7. The van der Waals surface area contributed by atoms with Crippen molar-refractivity contribution in [3.8, 4) is 5.75 Å². The molecule has 0 radical (unpaired) electrons. The molecule has 0 bridgehead atoms. The number of methoxy groups -OCH3 is 1. The molecular weight excluding hydrogens is 282 g/mol. The van der Waals surface area contributed by atoms with E-state index in [2.05, 4.69) is 41.3 Å². The molecule has 2 aromatic carbocycles. The molecule has 2 aromatic rings. The van der Waals surface area contributed by atoms with Gasteiger partial charge < -0.3 is 4.74 Å². The topological polar surface area (TPSA) is 12.5 Å². The number of ether oxygens (including phenoxy) is 1. The summed E-state index contributed by atoms with van der Waals surface area (Å²) in [5.41, 5.74) is 2.65. The van der Waals surface area contributed by atoms with E-state index in [0.717, 1.165) is 30.4 Å². The van der Waals surface area contributed by atoms with Crippen LogP contribution in [0.3, 0.4) is 0 Å². The smallest absolute Gasteiger partial charge is 0.123 e. The minimum Gasteiger partial charge on any atom is -0.496 e. The third-order valence-corrected chi connectivity index (χ3v) is 4.39. The van der Waals surface area contributed by atoms with E-state index in [1.54, 1.807) is 7.11 Å². The van der Waals surface area contributed by atoms with Gasteiger partial charge in [0, 0.05) is 24.0 Å². The summed E-state index contributed by atoms with van der Waals surface area (Å²) in [5.74, 6) is 1.44. The van der Waals surface area contributed by atoms with E-state index >= 15 is 0 Å². The first-order chi connectivity index (χ1) is 10.3. The molecular formula is C18H20ClNO. The number of benzene rings is 2. The van der Waals surface area contributed by atoms with E-state index in [4.69, 9.17) is 16.3 Å². The second kappa shape index (κ2) is 6.50. The molecule has 0 saturated carbocycles. The summed E-state index contributed by atoms with van der Waals surface area (Å²) in [7, 11) is 1.71. The van der Waals surface area contributed by atoms with Gasteiger partial charge in [-0.2, -0.15) is 0 Å². The van der Waals surface area contributed by atoms with Gasteiger partial charge in [-0.15, -0.1) is 0 Å². The summed E-state index contributed by atoms with van der Waals surface area (Å²) in [6, 6.07) is 16.6. The summed E-state index contributed by atoms with van der Waals surface area (Å²) in [6.07, 6.45) is 1.17. The summed E-state index contributed by atoms with van der Waals surface area (Å²) in [4.78, 5) is 2.51. The minimum atomic E-state index is 0.529. The molecule has 1 atom stereocenters. The van der Waals surface area contributed by atoms with Gasteiger partial charge in [0.1, 0.15) is 5.75 Å². The standard InChI is InChI=1S/C18H20ClNO/c1-21-18-11-16(19)7-8-17(18)15-9-10-20(13-15)12-14-5-3-2-4-6-14/h2-8,11,15H,9-10,12-13H2,1H3. The van der Waals surface area contributed by atoms with Crippen LogP contribution in [-0.2, 0) is 6.54 Å².